The average molecular weight is 266 g/mol. The summed E-state index contributed by atoms with van der Waals surface area (Å²) >= 11 is 0. The van der Waals surface area contributed by atoms with E-state index in [4.69, 9.17) is 9.84 Å². The van der Waals surface area contributed by atoms with Crippen LogP contribution in [0.3, 0.4) is 0 Å². The SMILES string of the molecule is COc1ccc(NC(=O)N(C)C(C)C(=O)O)cc1C. The summed E-state index contributed by atoms with van der Waals surface area (Å²) < 4.78 is 5.12. The minimum atomic E-state index is -1.05. The van der Waals surface area contributed by atoms with Gasteiger partial charge < -0.3 is 20.1 Å². The second kappa shape index (κ2) is 6.08. The Morgan fingerprint density at radius 1 is 1.42 bits per heavy atom. The molecule has 0 radical (unpaired) electrons. The van der Waals surface area contributed by atoms with Crippen molar-refractivity contribution in [2.24, 2.45) is 0 Å². The Balaban J connectivity index is 2.77. The minimum absolute atomic E-state index is 0.473. The third kappa shape index (κ3) is 3.61. The summed E-state index contributed by atoms with van der Waals surface area (Å²) in [6.45, 7) is 3.30. The number of nitrogens with one attached hydrogen (secondary N) is 1. The van der Waals surface area contributed by atoms with Crippen LogP contribution in [0.15, 0.2) is 18.2 Å². The van der Waals surface area contributed by atoms with Gasteiger partial charge in [0.25, 0.3) is 0 Å². The fraction of sp³-hybridized carbons (Fsp3) is 0.385. The largest absolute Gasteiger partial charge is 0.496 e. The van der Waals surface area contributed by atoms with Gasteiger partial charge in [-0.15, -0.1) is 0 Å². The number of benzene rings is 1. The number of carboxylic acids is 1. The number of anilines is 1. The first-order chi connectivity index (χ1) is 8.86. The summed E-state index contributed by atoms with van der Waals surface area (Å²) in [6.07, 6.45) is 0. The number of aryl methyl sites for hydroxylation is 1. The van der Waals surface area contributed by atoms with E-state index >= 15 is 0 Å². The monoisotopic (exact) mass is 266 g/mol. The van der Waals surface area contributed by atoms with E-state index in [-0.39, 0.29) is 0 Å². The van der Waals surface area contributed by atoms with Crippen LogP contribution < -0.4 is 10.1 Å². The van der Waals surface area contributed by atoms with Crippen LogP contribution >= 0.6 is 0 Å². The van der Waals surface area contributed by atoms with Crippen molar-refractivity contribution in [1.29, 1.82) is 0 Å². The fourth-order valence-corrected chi connectivity index (χ4v) is 1.51. The topological polar surface area (TPSA) is 78.9 Å². The number of carboxylic acid groups (broad SMARTS) is 1. The Morgan fingerprint density at radius 3 is 2.53 bits per heavy atom. The molecular weight excluding hydrogens is 248 g/mol. The van der Waals surface area contributed by atoms with Crippen LogP contribution in [0.5, 0.6) is 5.75 Å². The van der Waals surface area contributed by atoms with Crippen LogP contribution in [0.1, 0.15) is 12.5 Å². The Labute approximate surface area is 112 Å². The predicted molar refractivity (Wildman–Crippen MR) is 71.6 cm³/mol. The van der Waals surface area contributed by atoms with Gasteiger partial charge >= 0.3 is 12.0 Å². The normalized spacial score (nSPS) is 11.6. The summed E-state index contributed by atoms with van der Waals surface area (Å²) in [5, 5.41) is 11.5. The minimum Gasteiger partial charge on any atom is -0.496 e. The Kier molecular flexibility index (Phi) is 4.74. The highest BCUT2D eigenvalue weighted by Gasteiger charge is 2.21. The lowest BCUT2D eigenvalue weighted by atomic mass is 10.2. The molecule has 0 fully saturated rings. The van der Waals surface area contributed by atoms with Crippen LogP contribution in [0.25, 0.3) is 0 Å². The summed E-state index contributed by atoms with van der Waals surface area (Å²) in [5.74, 6) is -0.325. The zero-order chi connectivity index (χ0) is 14.6. The molecule has 0 aliphatic carbocycles. The number of ether oxygens (including phenoxy) is 1. The molecular formula is C13H18N2O4. The van der Waals surface area contributed by atoms with Gasteiger partial charge in [-0.2, -0.15) is 0 Å². The zero-order valence-corrected chi connectivity index (χ0v) is 11.4. The molecule has 0 bridgehead atoms. The van der Waals surface area contributed by atoms with E-state index in [1.807, 2.05) is 6.92 Å². The Bertz CT molecular complexity index is 488. The number of aliphatic carboxylic acids is 1. The van der Waals surface area contributed by atoms with E-state index in [0.717, 1.165) is 16.2 Å². The highest BCUT2D eigenvalue weighted by molar-refractivity contribution is 5.92. The summed E-state index contributed by atoms with van der Waals surface area (Å²) in [7, 11) is 3.01. The summed E-state index contributed by atoms with van der Waals surface area (Å²) in [4.78, 5) is 23.8. The molecule has 0 aromatic heterocycles. The number of hydrogen-bond acceptors (Lipinski definition) is 3. The van der Waals surface area contributed by atoms with Crippen molar-refractivity contribution in [1.82, 2.24) is 4.90 Å². The molecule has 2 amide bonds. The molecule has 1 aromatic carbocycles. The lowest BCUT2D eigenvalue weighted by molar-refractivity contribution is -0.141. The highest BCUT2D eigenvalue weighted by atomic mass is 16.5. The molecule has 104 valence electrons. The number of methoxy groups -OCH3 is 1. The average Bonchev–Trinajstić information content (AvgIpc) is 2.37. The standard InChI is InChI=1S/C13H18N2O4/c1-8-7-10(5-6-11(8)19-4)14-13(18)15(3)9(2)12(16)17/h5-7,9H,1-4H3,(H,14,18)(H,16,17). The lowest BCUT2D eigenvalue weighted by Crippen LogP contribution is -2.42. The molecule has 1 rings (SSSR count). The van der Waals surface area contributed by atoms with Crippen molar-refractivity contribution < 1.29 is 19.4 Å². The van der Waals surface area contributed by atoms with Crippen LogP contribution in [-0.4, -0.2) is 42.2 Å². The first-order valence-corrected chi connectivity index (χ1v) is 5.78. The maximum atomic E-state index is 11.8. The number of hydrogen-bond donors (Lipinski definition) is 2. The first-order valence-electron chi connectivity index (χ1n) is 5.78. The molecule has 1 atom stereocenters. The van der Waals surface area contributed by atoms with Gasteiger partial charge in [0, 0.05) is 12.7 Å². The van der Waals surface area contributed by atoms with E-state index in [1.165, 1.54) is 14.0 Å². The van der Waals surface area contributed by atoms with Gasteiger partial charge in [0.15, 0.2) is 0 Å². The molecule has 1 aromatic rings. The zero-order valence-electron chi connectivity index (χ0n) is 11.4. The second-order valence-corrected chi connectivity index (χ2v) is 4.24. The van der Waals surface area contributed by atoms with Crippen molar-refractivity contribution in [3.05, 3.63) is 23.8 Å². The molecule has 6 heteroatoms. The number of carbonyl (C=O) groups is 2. The van der Waals surface area contributed by atoms with Crippen molar-refractivity contribution >= 4 is 17.7 Å². The summed E-state index contributed by atoms with van der Waals surface area (Å²) in [6, 6.07) is 3.84. The van der Waals surface area contributed by atoms with E-state index in [1.54, 1.807) is 25.3 Å². The predicted octanol–water partition coefficient (Wildman–Crippen LogP) is 1.94. The van der Waals surface area contributed by atoms with E-state index < -0.39 is 18.0 Å². The van der Waals surface area contributed by atoms with Gasteiger partial charge in [0.2, 0.25) is 0 Å². The number of likely N-dealkylation sites (N-methyl/N-ethyl adjacent to an activating group) is 1. The maximum absolute atomic E-state index is 11.8. The van der Waals surface area contributed by atoms with Crippen molar-refractivity contribution in [2.75, 3.05) is 19.5 Å². The third-order valence-electron chi connectivity index (χ3n) is 2.90. The van der Waals surface area contributed by atoms with Crippen LogP contribution in [-0.2, 0) is 4.79 Å². The quantitative estimate of drug-likeness (QED) is 0.873. The summed E-state index contributed by atoms with van der Waals surface area (Å²) in [5.41, 5.74) is 1.47. The molecule has 0 saturated carbocycles. The van der Waals surface area contributed by atoms with Crippen LogP contribution in [0.2, 0.25) is 0 Å². The van der Waals surface area contributed by atoms with Gasteiger partial charge in [-0.05, 0) is 37.6 Å². The molecule has 6 nitrogen and oxygen atoms in total. The molecule has 0 aliphatic rings. The Morgan fingerprint density at radius 2 is 2.05 bits per heavy atom. The number of urea groups is 1. The molecule has 1 unspecified atom stereocenters. The number of nitrogens with zero attached hydrogens (tertiary/aromatic N) is 1. The maximum Gasteiger partial charge on any atom is 0.326 e. The molecule has 2 N–H and O–H groups in total. The van der Waals surface area contributed by atoms with Crippen LogP contribution in [0.4, 0.5) is 10.5 Å². The number of rotatable bonds is 4. The van der Waals surface area contributed by atoms with Gasteiger partial charge in [-0.3, -0.25) is 0 Å². The molecule has 0 saturated heterocycles. The van der Waals surface area contributed by atoms with Gasteiger partial charge in [-0.25, -0.2) is 9.59 Å². The van der Waals surface area contributed by atoms with E-state index in [9.17, 15) is 9.59 Å². The number of carbonyl (C=O) groups excluding carboxylic acids is 1. The van der Waals surface area contributed by atoms with E-state index in [0.29, 0.717) is 5.69 Å². The smallest absolute Gasteiger partial charge is 0.326 e. The van der Waals surface area contributed by atoms with Gasteiger partial charge in [0.05, 0.1) is 7.11 Å². The molecule has 19 heavy (non-hydrogen) atoms. The first kappa shape index (κ1) is 14.8. The van der Waals surface area contributed by atoms with Gasteiger partial charge in [0.1, 0.15) is 11.8 Å². The molecule has 0 aliphatic heterocycles. The van der Waals surface area contributed by atoms with Crippen molar-refractivity contribution in [2.45, 2.75) is 19.9 Å². The van der Waals surface area contributed by atoms with Crippen LogP contribution in [0, 0.1) is 6.92 Å². The molecule has 0 spiro atoms. The highest BCUT2D eigenvalue weighted by Crippen LogP contribution is 2.21. The number of amides is 2. The van der Waals surface area contributed by atoms with Gasteiger partial charge in [-0.1, -0.05) is 0 Å². The molecule has 0 heterocycles. The fourth-order valence-electron chi connectivity index (χ4n) is 1.51. The Hall–Kier alpha value is -2.24. The van der Waals surface area contributed by atoms with Crippen molar-refractivity contribution in [3.63, 3.8) is 0 Å². The van der Waals surface area contributed by atoms with E-state index in [2.05, 4.69) is 5.32 Å². The van der Waals surface area contributed by atoms with Crippen molar-refractivity contribution in [3.8, 4) is 5.75 Å². The second-order valence-electron chi connectivity index (χ2n) is 4.24. The third-order valence-corrected chi connectivity index (χ3v) is 2.90. The lowest BCUT2D eigenvalue weighted by Gasteiger charge is -2.22.